The standard InChI is InChI=1S/C37H43BClF3N6O5/c1-6-28(38-52-29-25-15-22(34(25,2)3)16-36(29,5)53-38)46-30(49)27-17-35(4,47-33(51)45-24-12-10-23(39)11-13-24)32-44-19-26(31(50)48(27)32)43-18-20-8-7-9-21(14-20)37(40,41)42/h7-14,19,22,25,27-29,43H,6,15-18H2,1-5H3,(H,46,49)(H2,45,47,51)/t22?,25?,27-,28-,29?,35+,36-/m0/s1. The molecule has 3 saturated carbocycles. The topological polar surface area (TPSA) is 136 Å². The van der Waals surface area contributed by atoms with Gasteiger partial charge in [-0.05, 0) is 92.3 Å². The van der Waals surface area contributed by atoms with Gasteiger partial charge in [-0.1, -0.05) is 44.5 Å². The van der Waals surface area contributed by atoms with Crippen molar-refractivity contribution in [3.63, 3.8) is 0 Å². The van der Waals surface area contributed by atoms with E-state index in [4.69, 9.17) is 20.9 Å². The van der Waals surface area contributed by atoms with E-state index >= 15 is 0 Å². The fraction of sp³-hybridized carbons (Fsp3) is 0.514. The van der Waals surface area contributed by atoms with E-state index in [1.165, 1.54) is 22.9 Å². The molecule has 53 heavy (non-hydrogen) atoms. The summed E-state index contributed by atoms with van der Waals surface area (Å²) in [4.78, 5) is 46.3. The van der Waals surface area contributed by atoms with Crippen molar-refractivity contribution in [3.05, 3.63) is 87.1 Å². The van der Waals surface area contributed by atoms with Crippen molar-refractivity contribution in [1.82, 2.24) is 20.2 Å². The lowest BCUT2D eigenvalue weighted by Crippen LogP contribution is -2.63. The maximum Gasteiger partial charge on any atom is 0.481 e. The minimum atomic E-state index is -4.53. The minimum absolute atomic E-state index is 0.0205. The molecular formula is C37H43BClF3N6O5. The number of urea groups is 1. The molecule has 2 bridgehead atoms. The molecule has 3 aliphatic carbocycles. The molecule has 3 unspecified atom stereocenters. The summed E-state index contributed by atoms with van der Waals surface area (Å²) in [6.07, 6.45) is -0.938. The van der Waals surface area contributed by atoms with E-state index in [2.05, 4.69) is 47.0 Å². The third-order valence-corrected chi connectivity index (χ3v) is 12.1. The highest BCUT2D eigenvalue weighted by atomic mass is 35.5. The van der Waals surface area contributed by atoms with Crippen molar-refractivity contribution in [2.75, 3.05) is 10.6 Å². The molecule has 11 nitrogen and oxygen atoms in total. The quantitative estimate of drug-likeness (QED) is 0.179. The van der Waals surface area contributed by atoms with E-state index < -0.39 is 59.5 Å². The van der Waals surface area contributed by atoms with Crippen molar-refractivity contribution in [2.45, 2.75) is 102 Å². The average Bonchev–Trinajstić information content (AvgIpc) is 3.61. The monoisotopic (exact) mass is 754 g/mol. The Bertz CT molecular complexity index is 1980. The summed E-state index contributed by atoms with van der Waals surface area (Å²) in [5.74, 6) is 0.00708. The van der Waals surface area contributed by atoms with Gasteiger partial charge in [-0.2, -0.15) is 13.2 Å². The van der Waals surface area contributed by atoms with Crippen LogP contribution in [0.5, 0.6) is 0 Å². The molecule has 16 heteroatoms. The van der Waals surface area contributed by atoms with Gasteiger partial charge in [0.15, 0.2) is 0 Å². The normalized spacial score (nSPS) is 28.7. The number of alkyl halides is 3. The number of rotatable bonds is 9. The van der Waals surface area contributed by atoms with Gasteiger partial charge in [0.1, 0.15) is 17.6 Å². The minimum Gasteiger partial charge on any atom is -0.404 e. The van der Waals surface area contributed by atoms with Crippen LogP contribution in [0.15, 0.2) is 59.5 Å². The van der Waals surface area contributed by atoms with Crippen LogP contribution in [-0.4, -0.2) is 46.3 Å². The number of anilines is 2. The second-order valence-corrected chi connectivity index (χ2v) is 16.2. The largest absolute Gasteiger partial charge is 0.481 e. The van der Waals surface area contributed by atoms with Crippen LogP contribution in [-0.2, 0) is 32.4 Å². The summed E-state index contributed by atoms with van der Waals surface area (Å²) < 4.78 is 54.4. The first-order chi connectivity index (χ1) is 24.9. The molecule has 0 radical (unpaired) electrons. The molecule has 2 aliphatic heterocycles. The van der Waals surface area contributed by atoms with Crippen LogP contribution in [0.3, 0.4) is 0 Å². The van der Waals surface area contributed by atoms with E-state index in [-0.39, 0.29) is 36.0 Å². The summed E-state index contributed by atoms with van der Waals surface area (Å²) in [5, 5.41) is 12.1. The van der Waals surface area contributed by atoms with Gasteiger partial charge in [-0.3, -0.25) is 14.2 Å². The lowest BCUT2D eigenvalue weighted by molar-refractivity contribution is -0.185. The Hall–Kier alpha value is -4.08. The second-order valence-electron chi connectivity index (χ2n) is 15.8. The number of amides is 3. The first-order valence-electron chi connectivity index (χ1n) is 17.9. The van der Waals surface area contributed by atoms with Gasteiger partial charge in [0, 0.05) is 23.7 Å². The Morgan fingerprint density at radius 3 is 2.53 bits per heavy atom. The molecule has 3 aromatic rings. The molecule has 5 aliphatic rings. The van der Waals surface area contributed by atoms with Crippen LogP contribution in [0.4, 0.5) is 29.3 Å². The Morgan fingerprint density at radius 1 is 1.11 bits per heavy atom. The van der Waals surface area contributed by atoms with Crippen LogP contribution in [0.1, 0.15) is 83.3 Å². The summed E-state index contributed by atoms with van der Waals surface area (Å²) in [6, 6.07) is 9.58. The molecular weight excluding hydrogens is 712 g/mol. The number of fused-ring (bicyclic) bond motifs is 1. The highest BCUT2D eigenvalue weighted by Crippen LogP contribution is 2.64. The predicted molar refractivity (Wildman–Crippen MR) is 194 cm³/mol. The highest BCUT2D eigenvalue weighted by Gasteiger charge is 2.67. The van der Waals surface area contributed by atoms with Gasteiger partial charge in [-0.25, -0.2) is 9.78 Å². The Kier molecular flexibility index (Phi) is 9.38. The van der Waals surface area contributed by atoms with Gasteiger partial charge in [0.2, 0.25) is 5.91 Å². The molecule has 1 aromatic heterocycles. The first kappa shape index (κ1) is 37.2. The molecule has 282 valence electrons. The zero-order valence-corrected chi connectivity index (χ0v) is 30.9. The summed E-state index contributed by atoms with van der Waals surface area (Å²) >= 11 is 5.99. The van der Waals surface area contributed by atoms with Crippen LogP contribution in [0, 0.1) is 17.3 Å². The Labute approximate surface area is 310 Å². The zero-order valence-electron chi connectivity index (χ0n) is 30.1. The SMILES string of the molecule is CC[C@H](NC(=O)[C@@H]1C[C@@](C)(NC(=O)Nc2ccc(Cl)cc2)c2ncc(NCc3cccc(C(F)(F)F)c3)c(=O)n21)B1OC2C3CC(C[C@]2(C)O1)C3(C)C. The summed E-state index contributed by atoms with van der Waals surface area (Å²) in [6.45, 7) is 10.1. The second kappa shape index (κ2) is 13.3. The summed E-state index contributed by atoms with van der Waals surface area (Å²) in [5.41, 5.74) is -2.28. The molecule has 7 atom stereocenters. The van der Waals surface area contributed by atoms with Gasteiger partial charge in [0.25, 0.3) is 5.56 Å². The Morgan fingerprint density at radius 2 is 1.85 bits per heavy atom. The smallest absolute Gasteiger partial charge is 0.404 e. The fourth-order valence-corrected chi connectivity index (χ4v) is 8.86. The van der Waals surface area contributed by atoms with Crippen molar-refractivity contribution >= 4 is 42.0 Å². The highest BCUT2D eigenvalue weighted by molar-refractivity contribution is 6.47. The number of hydrogen-bond donors (Lipinski definition) is 4. The van der Waals surface area contributed by atoms with Gasteiger partial charge in [-0.15, -0.1) is 0 Å². The molecule has 0 spiro atoms. The van der Waals surface area contributed by atoms with E-state index in [1.807, 2.05) is 6.92 Å². The Balaban J connectivity index is 1.14. The average molecular weight is 755 g/mol. The molecule has 8 rings (SSSR count). The lowest BCUT2D eigenvalue weighted by atomic mass is 9.45. The molecule has 4 N–H and O–H groups in total. The number of benzene rings is 2. The number of hydrogen-bond acceptors (Lipinski definition) is 7. The lowest BCUT2D eigenvalue weighted by Gasteiger charge is -2.63. The number of nitrogens with one attached hydrogen (secondary N) is 4. The summed E-state index contributed by atoms with van der Waals surface area (Å²) in [7, 11) is -0.694. The third kappa shape index (κ3) is 6.80. The number of carbonyl (C=O) groups excluding carboxylic acids is 2. The number of nitrogens with zero attached hydrogens (tertiary/aromatic N) is 2. The van der Waals surface area contributed by atoms with Crippen molar-refractivity contribution < 1.29 is 32.1 Å². The first-order valence-corrected chi connectivity index (χ1v) is 18.3. The van der Waals surface area contributed by atoms with Gasteiger partial charge >= 0.3 is 19.3 Å². The van der Waals surface area contributed by atoms with E-state index in [9.17, 15) is 27.6 Å². The maximum atomic E-state index is 14.3. The molecule has 3 heterocycles. The van der Waals surface area contributed by atoms with E-state index in [0.717, 1.165) is 25.0 Å². The molecule has 2 aromatic carbocycles. The molecule has 1 saturated heterocycles. The van der Waals surface area contributed by atoms with Crippen LogP contribution >= 0.6 is 11.6 Å². The third-order valence-electron chi connectivity index (χ3n) is 11.9. The number of aromatic nitrogens is 2. The van der Waals surface area contributed by atoms with Crippen LogP contribution in [0.2, 0.25) is 5.02 Å². The van der Waals surface area contributed by atoms with Crippen molar-refractivity contribution in [3.8, 4) is 0 Å². The van der Waals surface area contributed by atoms with Crippen LogP contribution in [0.25, 0.3) is 0 Å². The predicted octanol–water partition coefficient (Wildman–Crippen LogP) is 6.67. The molecule has 3 amide bonds. The van der Waals surface area contributed by atoms with Gasteiger partial charge < -0.3 is 30.6 Å². The fourth-order valence-electron chi connectivity index (χ4n) is 8.73. The number of halogens is 4. The molecule has 4 fully saturated rings. The van der Waals surface area contributed by atoms with Crippen molar-refractivity contribution in [1.29, 1.82) is 0 Å². The maximum absolute atomic E-state index is 14.3. The van der Waals surface area contributed by atoms with Gasteiger partial charge in [0.05, 0.1) is 34.9 Å². The number of carbonyl (C=O) groups is 2. The van der Waals surface area contributed by atoms with Crippen molar-refractivity contribution in [2.24, 2.45) is 17.3 Å². The van der Waals surface area contributed by atoms with E-state index in [0.29, 0.717) is 34.5 Å². The zero-order chi connectivity index (χ0) is 38.1. The van der Waals surface area contributed by atoms with E-state index in [1.54, 1.807) is 31.2 Å². The van der Waals surface area contributed by atoms with Crippen LogP contribution < -0.4 is 26.8 Å².